The summed E-state index contributed by atoms with van der Waals surface area (Å²) in [5.41, 5.74) is -1.21. The standard InChI is InChI=1S/C18H18O5/c1-8-7-9-11(14(22)12(8)20)18(4)6-5-10(19)17(2,3)16(18)15(23)13(9)21/h5-7,20,22-23H,1-4H3/t18-/m0/s1. The van der Waals surface area contributed by atoms with Gasteiger partial charge in [0, 0.05) is 22.1 Å². The maximum Gasteiger partial charge on any atom is 0.227 e. The largest absolute Gasteiger partial charge is 0.504 e. The van der Waals surface area contributed by atoms with Gasteiger partial charge in [0.25, 0.3) is 0 Å². The first-order valence-corrected chi connectivity index (χ1v) is 7.32. The molecule has 0 bridgehead atoms. The molecule has 2 aliphatic carbocycles. The van der Waals surface area contributed by atoms with Crippen LogP contribution < -0.4 is 0 Å². The highest BCUT2D eigenvalue weighted by molar-refractivity contribution is 6.14. The average Bonchev–Trinajstić information content (AvgIpc) is 2.46. The van der Waals surface area contributed by atoms with Crippen LogP contribution in [0.25, 0.3) is 0 Å². The van der Waals surface area contributed by atoms with Gasteiger partial charge in [-0.05, 0) is 45.4 Å². The van der Waals surface area contributed by atoms with Crippen molar-refractivity contribution in [1.82, 2.24) is 0 Å². The maximum absolute atomic E-state index is 12.6. The van der Waals surface area contributed by atoms with Crippen molar-refractivity contribution in [2.24, 2.45) is 5.41 Å². The molecule has 1 aromatic rings. The fraction of sp³-hybridized carbons (Fsp3) is 0.333. The highest BCUT2D eigenvalue weighted by Crippen LogP contribution is 2.56. The number of aryl methyl sites for hydroxylation is 1. The molecule has 1 atom stereocenters. The minimum absolute atomic E-state index is 0.136. The number of carbonyl (C=O) groups is 2. The average molecular weight is 314 g/mol. The number of hydrogen-bond acceptors (Lipinski definition) is 5. The molecule has 2 aliphatic rings. The molecule has 0 aliphatic heterocycles. The van der Waals surface area contributed by atoms with E-state index in [0.29, 0.717) is 5.56 Å². The molecule has 5 nitrogen and oxygen atoms in total. The summed E-state index contributed by atoms with van der Waals surface area (Å²) in [4.78, 5) is 24.8. The number of allylic oxidation sites excluding steroid dienone is 4. The Kier molecular flexibility index (Phi) is 2.83. The molecule has 0 spiro atoms. The summed E-state index contributed by atoms with van der Waals surface area (Å²) in [7, 11) is 0. The van der Waals surface area contributed by atoms with E-state index < -0.39 is 28.1 Å². The molecule has 120 valence electrons. The summed E-state index contributed by atoms with van der Waals surface area (Å²) in [6, 6.07) is 1.45. The predicted octanol–water partition coefficient (Wildman–Crippen LogP) is 2.84. The molecule has 23 heavy (non-hydrogen) atoms. The van der Waals surface area contributed by atoms with E-state index in [1.807, 2.05) is 0 Å². The van der Waals surface area contributed by atoms with Crippen molar-refractivity contribution in [1.29, 1.82) is 0 Å². The van der Waals surface area contributed by atoms with E-state index in [9.17, 15) is 24.9 Å². The van der Waals surface area contributed by atoms with Gasteiger partial charge in [0.1, 0.15) is 0 Å². The van der Waals surface area contributed by atoms with Gasteiger partial charge in [-0.1, -0.05) is 6.08 Å². The Balaban J connectivity index is 2.50. The van der Waals surface area contributed by atoms with Crippen LogP contribution in [0.3, 0.4) is 0 Å². The maximum atomic E-state index is 12.6. The van der Waals surface area contributed by atoms with Gasteiger partial charge in [0.05, 0.1) is 5.41 Å². The fourth-order valence-corrected chi connectivity index (χ4v) is 3.79. The molecule has 0 aromatic heterocycles. The van der Waals surface area contributed by atoms with Crippen molar-refractivity contribution >= 4 is 11.6 Å². The summed E-state index contributed by atoms with van der Waals surface area (Å²) < 4.78 is 0. The number of aromatic hydroxyl groups is 2. The summed E-state index contributed by atoms with van der Waals surface area (Å²) >= 11 is 0. The summed E-state index contributed by atoms with van der Waals surface area (Å²) in [5, 5.41) is 31.0. The van der Waals surface area contributed by atoms with Crippen molar-refractivity contribution in [2.75, 3.05) is 0 Å². The Bertz CT molecular complexity index is 841. The van der Waals surface area contributed by atoms with E-state index in [1.165, 1.54) is 12.1 Å². The second kappa shape index (κ2) is 4.25. The van der Waals surface area contributed by atoms with Gasteiger partial charge in [-0.25, -0.2) is 0 Å². The van der Waals surface area contributed by atoms with Crippen molar-refractivity contribution in [3.8, 4) is 11.5 Å². The number of aliphatic hydroxyl groups excluding tert-OH is 1. The number of ketones is 2. The molecule has 5 heteroatoms. The highest BCUT2D eigenvalue weighted by atomic mass is 16.3. The van der Waals surface area contributed by atoms with E-state index in [-0.39, 0.29) is 28.2 Å². The first kappa shape index (κ1) is 15.3. The monoisotopic (exact) mass is 314 g/mol. The zero-order valence-corrected chi connectivity index (χ0v) is 13.4. The fourth-order valence-electron chi connectivity index (χ4n) is 3.79. The van der Waals surface area contributed by atoms with Crippen LogP contribution in [-0.4, -0.2) is 26.9 Å². The lowest BCUT2D eigenvalue weighted by atomic mass is 9.57. The number of Topliss-reactive ketones (excluding diaryl/α,β-unsaturated/α-hetero) is 1. The Labute approximate surface area is 133 Å². The lowest BCUT2D eigenvalue weighted by Gasteiger charge is -2.44. The Hall–Kier alpha value is -2.56. The SMILES string of the molecule is Cc1cc2c(c(O)c1O)[C@]1(C)C=CC(=O)C(C)(C)C1=C(O)C2=O. The van der Waals surface area contributed by atoms with E-state index in [4.69, 9.17) is 0 Å². The zero-order valence-electron chi connectivity index (χ0n) is 13.4. The lowest BCUT2D eigenvalue weighted by Crippen LogP contribution is -2.45. The van der Waals surface area contributed by atoms with Gasteiger partial charge in [-0.2, -0.15) is 0 Å². The summed E-state index contributed by atoms with van der Waals surface area (Å²) in [6.45, 7) is 6.53. The summed E-state index contributed by atoms with van der Waals surface area (Å²) in [5.74, 6) is -2.05. The van der Waals surface area contributed by atoms with Crippen molar-refractivity contribution in [3.63, 3.8) is 0 Å². The first-order chi connectivity index (χ1) is 10.5. The molecule has 0 radical (unpaired) electrons. The van der Waals surface area contributed by atoms with Crippen LogP contribution in [-0.2, 0) is 10.2 Å². The van der Waals surface area contributed by atoms with Crippen molar-refractivity contribution in [2.45, 2.75) is 33.1 Å². The van der Waals surface area contributed by atoms with Gasteiger partial charge in [-0.3, -0.25) is 9.59 Å². The molecule has 3 rings (SSSR count). The van der Waals surface area contributed by atoms with E-state index >= 15 is 0 Å². The molecule has 0 fully saturated rings. The van der Waals surface area contributed by atoms with Crippen LogP contribution in [0.2, 0.25) is 0 Å². The number of fused-ring (bicyclic) bond motifs is 3. The van der Waals surface area contributed by atoms with Gasteiger partial charge in [0.15, 0.2) is 23.0 Å². The molecule has 0 heterocycles. The zero-order chi connectivity index (χ0) is 17.3. The van der Waals surface area contributed by atoms with Crippen molar-refractivity contribution in [3.05, 3.63) is 46.2 Å². The lowest BCUT2D eigenvalue weighted by molar-refractivity contribution is -0.121. The smallest absolute Gasteiger partial charge is 0.227 e. The van der Waals surface area contributed by atoms with Crippen LogP contribution in [0, 0.1) is 12.3 Å². The molecular formula is C18H18O5. The van der Waals surface area contributed by atoms with Crippen LogP contribution in [0.15, 0.2) is 29.6 Å². The third-order valence-electron chi connectivity index (χ3n) is 5.01. The Morgan fingerprint density at radius 3 is 2.22 bits per heavy atom. The van der Waals surface area contributed by atoms with Gasteiger partial charge < -0.3 is 15.3 Å². The first-order valence-electron chi connectivity index (χ1n) is 7.32. The molecule has 3 N–H and O–H groups in total. The number of phenolic OH excluding ortho intramolecular Hbond substituents is 2. The highest BCUT2D eigenvalue weighted by Gasteiger charge is 2.53. The van der Waals surface area contributed by atoms with Crippen LogP contribution in [0.4, 0.5) is 0 Å². The third kappa shape index (κ3) is 1.67. The van der Waals surface area contributed by atoms with Crippen LogP contribution >= 0.6 is 0 Å². The van der Waals surface area contributed by atoms with Crippen molar-refractivity contribution < 1.29 is 24.9 Å². The second-order valence-electron chi connectivity index (χ2n) is 6.89. The number of aliphatic hydroxyl groups is 1. The molecular weight excluding hydrogens is 296 g/mol. The number of phenols is 2. The minimum Gasteiger partial charge on any atom is -0.504 e. The normalized spacial score (nSPS) is 25.4. The van der Waals surface area contributed by atoms with Crippen LogP contribution in [0.1, 0.15) is 42.3 Å². The second-order valence-corrected chi connectivity index (χ2v) is 6.89. The molecule has 0 amide bonds. The van der Waals surface area contributed by atoms with Gasteiger partial charge in [0.2, 0.25) is 5.78 Å². The predicted molar refractivity (Wildman–Crippen MR) is 83.8 cm³/mol. The minimum atomic E-state index is -1.09. The summed E-state index contributed by atoms with van der Waals surface area (Å²) in [6.07, 6.45) is 2.96. The Morgan fingerprint density at radius 1 is 1.00 bits per heavy atom. The quantitative estimate of drug-likeness (QED) is 0.640. The van der Waals surface area contributed by atoms with Gasteiger partial charge >= 0.3 is 0 Å². The Morgan fingerprint density at radius 2 is 1.61 bits per heavy atom. The topological polar surface area (TPSA) is 94.8 Å². The van der Waals surface area contributed by atoms with Gasteiger partial charge in [-0.15, -0.1) is 0 Å². The van der Waals surface area contributed by atoms with E-state index in [2.05, 4.69) is 0 Å². The number of rotatable bonds is 0. The third-order valence-corrected chi connectivity index (χ3v) is 5.01. The van der Waals surface area contributed by atoms with Crippen LogP contribution in [0.5, 0.6) is 11.5 Å². The molecule has 0 unspecified atom stereocenters. The van der Waals surface area contributed by atoms with E-state index in [0.717, 1.165) is 0 Å². The molecule has 1 aromatic carbocycles. The molecule has 0 saturated heterocycles. The van der Waals surface area contributed by atoms with E-state index in [1.54, 1.807) is 33.8 Å². The number of hydrogen-bond donors (Lipinski definition) is 3. The number of benzene rings is 1. The number of carbonyl (C=O) groups excluding carboxylic acids is 2. The molecule has 0 saturated carbocycles.